The van der Waals surface area contributed by atoms with Crippen LogP contribution in [0.25, 0.3) is 0 Å². The summed E-state index contributed by atoms with van der Waals surface area (Å²) in [6, 6.07) is 13.3. The molecule has 0 spiro atoms. The molecule has 2 nitrogen and oxygen atoms in total. The van der Waals surface area contributed by atoms with E-state index in [1.54, 1.807) is 24.3 Å². The van der Waals surface area contributed by atoms with E-state index >= 15 is 0 Å². The fraction of sp³-hybridized carbons (Fsp3) is 0.200. The van der Waals surface area contributed by atoms with E-state index in [-0.39, 0.29) is 5.75 Å². The van der Waals surface area contributed by atoms with Crippen LogP contribution in [0.2, 0.25) is 5.02 Å². The van der Waals surface area contributed by atoms with Gasteiger partial charge in [-0.25, -0.2) is 0 Å². The zero-order chi connectivity index (χ0) is 15.2. The van der Waals surface area contributed by atoms with Crippen molar-refractivity contribution >= 4 is 23.4 Å². The summed E-state index contributed by atoms with van der Waals surface area (Å²) in [6.07, 6.45) is -0.689. The Morgan fingerprint density at radius 1 is 1.05 bits per heavy atom. The van der Waals surface area contributed by atoms with Crippen molar-refractivity contribution in [1.29, 1.82) is 0 Å². The molecule has 0 bridgehead atoms. The topological polar surface area (TPSA) is 29.5 Å². The van der Waals surface area contributed by atoms with Crippen molar-refractivity contribution in [2.75, 3.05) is 5.75 Å². The van der Waals surface area contributed by atoms with E-state index in [0.717, 1.165) is 4.90 Å². The Hall–Kier alpha value is -1.30. The highest BCUT2D eigenvalue weighted by Crippen LogP contribution is 2.27. The van der Waals surface area contributed by atoms with Crippen molar-refractivity contribution in [3.8, 4) is 5.75 Å². The molecule has 1 N–H and O–H groups in total. The lowest BCUT2D eigenvalue weighted by molar-refractivity contribution is -0.0498. The fourth-order valence-electron chi connectivity index (χ4n) is 1.67. The first-order valence-corrected chi connectivity index (χ1v) is 7.52. The highest BCUT2D eigenvalue weighted by Gasteiger charge is 2.10. The largest absolute Gasteiger partial charge is 0.435 e. The fourth-order valence-corrected chi connectivity index (χ4v) is 2.67. The zero-order valence-corrected chi connectivity index (χ0v) is 12.5. The number of ether oxygens (including phenoxy) is 1. The number of thioether (sulfide) groups is 1. The Bertz CT molecular complexity index is 561. The lowest BCUT2D eigenvalue weighted by Crippen LogP contribution is -2.03. The first kappa shape index (κ1) is 16.1. The summed E-state index contributed by atoms with van der Waals surface area (Å²) in [7, 11) is 0. The third-order valence-corrected chi connectivity index (χ3v) is 4.05. The summed E-state index contributed by atoms with van der Waals surface area (Å²) < 4.78 is 28.3. The zero-order valence-electron chi connectivity index (χ0n) is 10.9. The second-order valence-corrected chi connectivity index (χ2v) is 5.76. The molecule has 0 aliphatic heterocycles. The van der Waals surface area contributed by atoms with Gasteiger partial charge in [-0.05, 0) is 42.0 Å². The number of halogens is 3. The van der Waals surface area contributed by atoms with Crippen LogP contribution in [-0.4, -0.2) is 17.5 Å². The van der Waals surface area contributed by atoms with Gasteiger partial charge in [-0.15, -0.1) is 11.8 Å². The second-order valence-electron chi connectivity index (χ2n) is 4.23. The third-order valence-electron chi connectivity index (χ3n) is 2.71. The summed E-state index contributed by atoms with van der Waals surface area (Å²) in [5.41, 5.74) is 0.651. The van der Waals surface area contributed by atoms with Gasteiger partial charge in [0, 0.05) is 15.7 Å². The van der Waals surface area contributed by atoms with Crippen LogP contribution in [-0.2, 0) is 0 Å². The summed E-state index contributed by atoms with van der Waals surface area (Å²) in [4.78, 5) is 0.996. The standard InChI is InChI=1S/C15H13ClF2O2S/c16-11-3-7-13(8-4-11)21-9-14(19)10-1-5-12(6-2-10)20-15(17)18/h1-8,14-15,19H,9H2. The van der Waals surface area contributed by atoms with E-state index in [1.165, 1.54) is 23.9 Å². The van der Waals surface area contributed by atoms with Crippen LogP contribution in [0.3, 0.4) is 0 Å². The average Bonchev–Trinajstić information content (AvgIpc) is 2.46. The SMILES string of the molecule is OC(CSc1ccc(Cl)cc1)c1ccc(OC(F)F)cc1. The van der Waals surface area contributed by atoms with E-state index in [4.69, 9.17) is 11.6 Å². The van der Waals surface area contributed by atoms with Crippen LogP contribution in [0.1, 0.15) is 11.7 Å². The van der Waals surface area contributed by atoms with Crippen molar-refractivity contribution < 1.29 is 18.6 Å². The quantitative estimate of drug-likeness (QED) is 0.774. The van der Waals surface area contributed by atoms with E-state index in [2.05, 4.69) is 4.74 Å². The van der Waals surface area contributed by atoms with E-state index in [9.17, 15) is 13.9 Å². The maximum Gasteiger partial charge on any atom is 0.387 e. The molecule has 6 heteroatoms. The first-order valence-electron chi connectivity index (χ1n) is 6.16. The van der Waals surface area contributed by atoms with Gasteiger partial charge in [0.05, 0.1) is 6.10 Å². The Morgan fingerprint density at radius 2 is 1.67 bits per heavy atom. The van der Waals surface area contributed by atoms with Gasteiger partial charge in [0.15, 0.2) is 0 Å². The number of hydrogen-bond acceptors (Lipinski definition) is 3. The van der Waals surface area contributed by atoms with E-state index < -0.39 is 12.7 Å². The normalized spacial score (nSPS) is 12.4. The molecular formula is C15H13ClF2O2S. The van der Waals surface area contributed by atoms with Gasteiger partial charge in [0.25, 0.3) is 0 Å². The summed E-state index contributed by atoms with van der Waals surface area (Å²) in [6.45, 7) is -2.85. The molecule has 2 rings (SSSR count). The Balaban J connectivity index is 1.90. The Kier molecular flexibility index (Phi) is 5.85. The summed E-state index contributed by atoms with van der Waals surface area (Å²) >= 11 is 7.28. The minimum Gasteiger partial charge on any atom is -0.435 e. The molecular weight excluding hydrogens is 318 g/mol. The maximum atomic E-state index is 12.0. The van der Waals surface area contributed by atoms with Gasteiger partial charge in [-0.3, -0.25) is 0 Å². The number of aliphatic hydroxyl groups excluding tert-OH is 1. The van der Waals surface area contributed by atoms with Crippen molar-refractivity contribution in [3.05, 3.63) is 59.1 Å². The molecule has 0 aliphatic carbocycles. The average molecular weight is 331 g/mol. The lowest BCUT2D eigenvalue weighted by Gasteiger charge is -2.12. The maximum absolute atomic E-state index is 12.0. The Labute approximate surface area is 130 Å². The van der Waals surface area contributed by atoms with Crippen LogP contribution >= 0.6 is 23.4 Å². The van der Waals surface area contributed by atoms with Crippen LogP contribution in [0.4, 0.5) is 8.78 Å². The number of alkyl halides is 2. The molecule has 0 amide bonds. The molecule has 0 aliphatic rings. The van der Waals surface area contributed by atoms with Crippen LogP contribution in [0.15, 0.2) is 53.4 Å². The van der Waals surface area contributed by atoms with Crippen molar-refractivity contribution in [2.45, 2.75) is 17.6 Å². The molecule has 0 saturated heterocycles. The second kappa shape index (κ2) is 7.64. The highest BCUT2D eigenvalue weighted by atomic mass is 35.5. The van der Waals surface area contributed by atoms with E-state index in [1.807, 2.05) is 12.1 Å². The summed E-state index contributed by atoms with van der Waals surface area (Å²) in [5, 5.41) is 10.7. The highest BCUT2D eigenvalue weighted by molar-refractivity contribution is 7.99. The number of benzene rings is 2. The molecule has 112 valence electrons. The molecule has 0 fully saturated rings. The number of hydrogen-bond donors (Lipinski definition) is 1. The molecule has 0 saturated carbocycles. The molecule has 0 aromatic heterocycles. The minimum absolute atomic E-state index is 0.0753. The first-order chi connectivity index (χ1) is 10.0. The van der Waals surface area contributed by atoms with Crippen LogP contribution in [0, 0.1) is 0 Å². The molecule has 21 heavy (non-hydrogen) atoms. The van der Waals surface area contributed by atoms with Crippen molar-refractivity contribution in [1.82, 2.24) is 0 Å². The van der Waals surface area contributed by atoms with Crippen LogP contribution in [0.5, 0.6) is 5.75 Å². The number of rotatable bonds is 6. The lowest BCUT2D eigenvalue weighted by atomic mass is 10.1. The molecule has 0 heterocycles. The van der Waals surface area contributed by atoms with Crippen molar-refractivity contribution in [2.24, 2.45) is 0 Å². The monoisotopic (exact) mass is 330 g/mol. The molecule has 1 unspecified atom stereocenters. The molecule has 1 atom stereocenters. The van der Waals surface area contributed by atoms with Gasteiger partial charge < -0.3 is 9.84 Å². The molecule has 2 aromatic carbocycles. The molecule has 0 radical (unpaired) electrons. The smallest absolute Gasteiger partial charge is 0.387 e. The number of aliphatic hydroxyl groups is 1. The van der Waals surface area contributed by atoms with Gasteiger partial charge in [0.2, 0.25) is 0 Å². The Morgan fingerprint density at radius 3 is 2.24 bits per heavy atom. The van der Waals surface area contributed by atoms with Gasteiger partial charge in [-0.1, -0.05) is 23.7 Å². The molecule has 2 aromatic rings. The third kappa shape index (κ3) is 5.19. The van der Waals surface area contributed by atoms with Crippen LogP contribution < -0.4 is 4.74 Å². The van der Waals surface area contributed by atoms with Gasteiger partial charge in [0.1, 0.15) is 5.75 Å². The summed E-state index contributed by atoms with van der Waals surface area (Å²) in [5.74, 6) is 0.530. The predicted molar refractivity (Wildman–Crippen MR) is 80.2 cm³/mol. The minimum atomic E-state index is -2.85. The van der Waals surface area contributed by atoms with E-state index in [0.29, 0.717) is 16.3 Å². The van der Waals surface area contributed by atoms with Gasteiger partial charge in [-0.2, -0.15) is 8.78 Å². The van der Waals surface area contributed by atoms with Crippen molar-refractivity contribution in [3.63, 3.8) is 0 Å². The predicted octanol–water partition coefficient (Wildman–Crippen LogP) is 4.77. The van der Waals surface area contributed by atoms with Gasteiger partial charge >= 0.3 is 6.61 Å².